The second kappa shape index (κ2) is 18.8. The molecule has 0 aliphatic heterocycles. The van der Waals surface area contributed by atoms with Crippen LogP contribution in [0.15, 0.2) is 231 Å². The molecule has 0 spiro atoms. The number of aryl methyl sites for hydroxylation is 4. The van der Waals surface area contributed by atoms with Crippen LogP contribution in [0.5, 0.6) is 0 Å². The summed E-state index contributed by atoms with van der Waals surface area (Å²) < 4.78 is 0. The highest BCUT2D eigenvalue weighted by atomic mass is 15.2. The molecule has 0 heterocycles. The Hall–Kier alpha value is -9.74. The lowest BCUT2D eigenvalue weighted by Crippen LogP contribution is -2.14. The van der Waals surface area contributed by atoms with Gasteiger partial charge in [-0.3, -0.25) is 0 Å². The van der Waals surface area contributed by atoms with Gasteiger partial charge >= 0.3 is 0 Å². The lowest BCUT2D eigenvalue weighted by Gasteiger charge is -2.32. The highest BCUT2D eigenvalue weighted by Crippen LogP contribution is 2.51. The van der Waals surface area contributed by atoms with Crippen molar-refractivity contribution in [3.05, 3.63) is 270 Å². The van der Waals surface area contributed by atoms with E-state index >= 15 is 0 Å². The predicted molar refractivity (Wildman–Crippen MR) is 311 cm³/mol. The first kappa shape index (κ1) is 45.4. The van der Waals surface area contributed by atoms with E-state index in [1.165, 1.54) is 43.8 Å². The fourth-order valence-corrected chi connectivity index (χ4v) is 11.1. The third-order valence-corrected chi connectivity index (χ3v) is 14.7. The van der Waals surface area contributed by atoms with Gasteiger partial charge in [0.2, 0.25) is 0 Å². The summed E-state index contributed by atoms with van der Waals surface area (Å²) in [6, 6.07) is 84.7. The molecule has 0 saturated carbocycles. The molecule has 0 atom stereocenters. The Kier molecular flexibility index (Phi) is 11.5. The minimum atomic E-state index is 0.618. The summed E-state index contributed by atoms with van der Waals surface area (Å²) in [5, 5.41) is 16.8. The highest BCUT2D eigenvalue weighted by Gasteiger charge is 2.26. The molecule has 0 unspecified atom stereocenters. The van der Waals surface area contributed by atoms with Crippen molar-refractivity contribution in [1.82, 2.24) is 0 Å². The maximum absolute atomic E-state index is 9.72. The quantitative estimate of drug-likeness (QED) is 0.101. The molecule has 0 saturated heterocycles. The van der Waals surface area contributed by atoms with Crippen LogP contribution in [0.1, 0.15) is 27.8 Å². The summed E-state index contributed by atoms with van der Waals surface area (Å²) in [5.74, 6) is 0. The van der Waals surface area contributed by atoms with E-state index < -0.39 is 0 Å². The van der Waals surface area contributed by atoms with Crippen molar-refractivity contribution in [2.75, 3.05) is 9.80 Å². The van der Waals surface area contributed by atoms with Crippen molar-refractivity contribution >= 4 is 72.1 Å². The Labute approximate surface area is 433 Å². The van der Waals surface area contributed by atoms with Crippen LogP contribution in [-0.4, -0.2) is 0 Å². The Morgan fingerprint density at radius 2 is 0.730 bits per heavy atom. The highest BCUT2D eigenvalue weighted by molar-refractivity contribution is 6.28. The smallest absolute Gasteiger partial charge is 0.187 e. The van der Waals surface area contributed by atoms with Gasteiger partial charge in [0.05, 0.1) is 41.0 Å². The zero-order valence-electron chi connectivity index (χ0n) is 41.7. The minimum absolute atomic E-state index is 0.618. The van der Waals surface area contributed by atoms with Crippen LogP contribution >= 0.6 is 0 Å². The topological polar surface area (TPSA) is 34.6 Å². The molecule has 12 rings (SSSR count). The standard InChI is InChI=1S/C70H50N4/c1-45-14-12-15-46(2)69(45)73(61-40-56(50-18-8-6-9-19-50)38-58(42-61)52-24-22-49(44-71)23-25-52)65-36-30-54-29-35-64-66(37-31-55-28-34-63(65)67(54)68(55)64)74(70-47(3)16-13-17-48(70)4)62-41-57(51-20-10-7-11-21-51)39-59(43-62)53-26-32-60(72-5)33-27-53/h6-43H,1-4H3. The van der Waals surface area contributed by atoms with E-state index in [2.05, 4.69) is 255 Å². The summed E-state index contributed by atoms with van der Waals surface area (Å²) in [7, 11) is 0. The second-order valence-electron chi connectivity index (χ2n) is 19.4. The van der Waals surface area contributed by atoms with Crippen molar-refractivity contribution in [2.45, 2.75) is 27.7 Å². The third kappa shape index (κ3) is 8.06. The van der Waals surface area contributed by atoms with Crippen LogP contribution in [0.4, 0.5) is 39.8 Å². The summed E-state index contributed by atoms with van der Waals surface area (Å²) in [6.45, 7) is 16.5. The maximum atomic E-state index is 9.72. The SMILES string of the molecule is [C-]#[N+]c1ccc(-c2cc(-c3ccccc3)cc(N(c3c(C)cccc3C)c3ccc4ccc5c(N(c6cc(-c7ccccc7)cc(-c7ccc(C#N)cc7)c6)c6c(C)cccc6C)ccc6ccc3c4c65)c2)cc1. The number of nitriles is 1. The number of hydrogen-bond acceptors (Lipinski definition) is 3. The molecule has 350 valence electrons. The number of benzene rings is 12. The summed E-state index contributed by atoms with van der Waals surface area (Å²) >= 11 is 0. The van der Waals surface area contributed by atoms with Crippen molar-refractivity contribution in [1.29, 1.82) is 5.26 Å². The Balaban J connectivity index is 1.12. The van der Waals surface area contributed by atoms with E-state index in [-0.39, 0.29) is 0 Å². The third-order valence-electron chi connectivity index (χ3n) is 14.7. The van der Waals surface area contributed by atoms with Gasteiger partial charge < -0.3 is 9.80 Å². The average Bonchev–Trinajstić information content (AvgIpc) is 3.45. The van der Waals surface area contributed by atoms with Crippen molar-refractivity contribution < 1.29 is 0 Å². The van der Waals surface area contributed by atoms with Crippen LogP contribution in [0.3, 0.4) is 0 Å². The molecule has 12 aromatic carbocycles. The Morgan fingerprint density at radius 1 is 0.365 bits per heavy atom. The predicted octanol–water partition coefficient (Wildman–Crippen LogP) is 19.8. The first-order valence-corrected chi connectivity index (χ1v) is 25.1. The molecule has 0 N–H and O–H groups in total. The first-order chi connectivity index (χ1) is 36.2. The van der Waals surface area contributed by atoms with Crippen molar-refractivity contribution in [2.24, 2.45) is 0 Å². The minimum Gasteiger partial charge on any atom is -0.309 e. The molecule has 0 aromatic heterocycles. The zero-order valence-corrected chi connectivity index (χ0v) is 41.7. The van der Waals surface area contributed by atoms with Crippen molar-refractivity contribution in [3.63, 3.8) is 0 Å². The zero-order chi connectivity index (χ0) is 50.5. The molecule has 0 fully saturated rings. The molecule has 4 heteroatoms. The molecule has 0 aliphatic rings. The molecule has 0 aliphatic carbocycles. The van der Waals surface area contributed by atoms with Crippen LogP contribution in [0.2, 0.25) is 0 Å². The van der Waals surface area contributed by atoms with Gasteiger partial charge in [0.15, 0.2) is 5.69 Å². The number of anilines is 6. The molecule has 74 heavy (non-hydrogen) atoms. The van der Waals surface area contributed by atoms with Crippen molar-refractivity contribution in [3.8, 4) is 50.6 Å². The van der Waals surface area contributed by atoms with Gasteiger partial charge in [-0.25, -0.2) is 4.85 Å². The van der Waals surface area contributed by atoms with Gasteiger partial charge in [-0.05, 0) is 177 Å². The van der Waals surface area contributed by atoms with E-state index in [0.717, 1.165) is 89.4 Å². The van der Waals surface area contributed by atoms with Crippen LogP contribution < -0.4 is 9.80 Å². The number of para-hydroxylation sites is 2. The van der Waals surface area contributed by atoms with E-state index in [1.54, 1.807) is 0 Å². The van der Waals surface area contributed by atoms with E-state index in [9.17, 15) is 5.26 Å². The van der Waals surface area contributed by atoms with Gasteiger partial charge in [-0.1, -0.05) is 170 Å². The van der Waals surface area contributed by atoms with Crippen LogP contribution in [0, 0.1) is 45.6 Å². The van der Waals surface area contributed by atoms with Gasteiger partial charge in [-0.2, -0.15) is 5.26 Å². The Bertz CT molecular complexity index is 3870. The molecular formula is C70H50N4. The van der Waals surface area contributed by atoms with E-state index in [1.807, 2.05) is 24.3 Å². The summed E-state index contributed by atoms with van der Waals surface area (Å²) in [5.41, 5.74) is 21.2. The van der Waals surface area contributed by atoms with Gasteiger partial charge in [-0.15, -0.1) is 0 Å². The fraction of sp³-hybridized carbons (Fsp3) is 0.0571. The monoisotopic (exact) mass is 946 g/mol. The molecule has 0 amide bonds. The van der Waals surface area contributed by atoms with Gasteiger partial charge in [0.25, 0.3) is 0 Å². The average molecular weight is 947 g/mol. The molecule has 4 nitrogen and oxygen atoms in total. The maximum Gasteiger partial charge on any atom is 0.187 e. The number of rotatable bonds is 10. The Morgan fingerprint density at radius 3 is 1.11 bits per heavy atom. The molecule has 0 radical (unpaired) electrons. The second-order valence-corrected chi connectivity index (χ2v) is 19.4. The first-order valence-electron chi connectivity index (χ1n) is 25.1. The largest absolute Gasteiger partial charge is 0.309 e. The van der Waals surface area contributed by atoms with Gasteiger partial charge in [0, 0.05) is 22.1 Å². The molecule has 12 aromatic rings. The lowest BCUT2D eigenvalue weighted by atomic mass is 9.90. The molecular weight excluding hydrogens is 897 g/mol. The number of nitrogens with zero attached hydrogens (tertiary/aromatic N) is 4. The van der Waals surface area contributed by atoms with E-state index in [4.69, 9.17) is 6.57 Å². The number of hydrogen-bond donors (Lipinski definition) is 0. The van der Waals surface area contributed by atoms with Crippen LogP contribution in [0.25, 0.3) is 81.7 Å². The fourth-order valence-electron chi connectivity index (χ4n) is 11.1. The normalized spacial score (nSPS) is 11.2. The summed E-state index contributed by atoms with van der Waals surface area (Å²) in [4.78, 5) is 8.65. The van der Waals surface area contributed by atoms with Gasteiger partial charge in [0.1, 0.15) is 0 Å². The molecule has 0 bridgehead atoms. The van der Waals surface area contributed by atoms with Crippen LogP contribution in [-0.2, 0) is 0 Å². The summed E-state index contributed by atoms with van der Waals surface area (Å²) in [6.07, 6.45) is 0. The lowest BCUT2D eigenvalue weighted by molar-refractivity contribution is 1.23. The van der Waals surface area contributed by atoms with E-state index in [0.29, 0.717) is 11.3 Å².